The van der Waals surface area contributed by atoms with Gasteiger partial charge in [0.05, 0.1) is 5.92 Å². The van der Waals surface area contributed by atoms with Gasteiger partial charge < -0.3 is 10.2 Å². The van der Waals surface area contributed by atoms with Gasteiger partial charge in [0, 0.05) is 31.5 Å². The standard InChI is InChI=1S/C19H24N2O2/c22-18(20-11-16-10-14-4-1-2-6-17(14)16)15-5-3-9-21(12-15)19(23)13-7-8-13/h1-2,4,6,13,15-16H,3,5,7-12H2,(H,20,22)/t15-,16-/m1/s1. The molecule has 2 amide bonds. The zero-order valence-corrected chi connectivity index (χ0v) is 13.5. The topological polar surface area (TPSA) is 49.4 Å². The van der Waals surface area contributed by atoms with Gasteiger partial charge in [-0.2, -0.15) is 0 Å². The summed E-state index contributed by atoms with van der Waals surface area (Å²) in [6.07, 6.45) is 4.98. The fraction of sp³-hybridized carbons (Fsp3) is 0.579. The second-order valence-corrected chi connectivity index (χ2v) is 7.24. The highest BCUT2D eigenvalue weighted by Crippen LogP contribution is 2.34. The van der Waals surface area contributed by atoms with Crippen molar-refractivity contribution in [3.63, 3.8) is 0 Å². The Morgan fingerprint density at radius 1 is 1.13 bits per heavy atom. The molecule has 0 aromatic heterocycles. The molecule has 4 rings (SSSR count). The van der Waals surface area contributed by atoms with Crippen molar-refractivity contribution in [1.29, 1.82) is 0 Å². The molecule has 4 heteroatoms. The molecule has 1 saturated carbocycles. The molecule has 0 radical (unpaired) electrons. The van der Waals surface area contributed by atoms with E-state index in [9.17, 15) is 9.59 Å². The Kier molecular flexibility index (Phi) is 3.83. The lowest BCUT2D eigenvalue weighted by atomic mass is 9.77. The van der Waals surface area contributed by atoms with Crippen LogP contribution in [0.25, 0.3) is 0 Å². The van der Waals surface area contributed by atoms with E-state index < -0.39 is 0 Å². The summed E-state index contributed by atoms with van der Waals surface area (Å²) in [5.41, 5.74) is 2.78. The minimum absolute atomic E-state index is 0.0261. The van der Waals surface area contributed by atoms with Gasteiger partial charge in [0.1, 0.15) is 0 Å². The van der Waals surface area contributed by atoms with Crippen LogP contribution in [0.15, 0.2) is 24.3 Å². The normalized spacial score (nSPS) is 26.2. The minimum atomic E-state index is -0.0261. The molecule has 23 heavy (non-hydrogen) atoms. The summed E-state index contributed by atoms with van der Waals surface area (Å²) < 4.78 is 0. The van der Waals surface area contributed by atoms with Crippen LogP contribution in [0.5, 0.6) is 0 Å². The Hall–Kier alpha value is -1.84. The molecule has 1 aromatic carbocycles. The van der Waals surface area contributed by atoms with Gasteiger partial charge in [0.25, 0.3) is 0 Å². The minimum Gasteiger partial charge on any atom is -0.355 e. The van der Waals surface area contributed by atoms with Crippen LogP contribution < -0.4 is 5.32 Å². The third-order valence-corrected chi connectivity index (χ3v) is 5.51. The number of likely N-dealkylation sites (tertiary alicyclic amines) is 1. The van der Waals surface area contributed by atoms with Gasteiger partial charge in [-0.05, 0) is 43.2 Å². The zero-order chi connectivity index (χ0) is 15.8. The van der Waals surface area contributed by atoms with Gasteiger partial charge >= 0.3 is 0 Å². The Labute approximate surface area is 137 Å². The van der Waals surface area contributed by atoms with Crippen LogP contribution in [-0.2, 0) is 16.0 Å². The van der Waals surface area contributed by atoms with Crippen LogP contribution in [0.2, 0.25) is 0 Å². The number of nitrogens with zero attached hydrogens (tertiary/aromatic N) is 1. The fourth-order valence-corrected chi connectivity index (χ4v) is 3.89. The first-order valence-corrected chi connectivity index (χ1v) is 8.86. The maximum Gasteiger partial charge on any atom is 0.225 e. The van der Waals surface area contributed by atoms with Crippen molar-refractivity contribution >= 4 is 11.8 Å². The Bertz CT molecular complexity index is 624. The first-order valence-electron chi connectivity index (χ1n) is 8.86. The highest BCUT2D eigenvalue weighted by Gasteiger charge is 2.37. The van der Waals surface area contributed by atoms with Crippen LogP contribution in [0.3, 0.4) is 0 Å². The average molecular weight is 312 g/mol. The SMILES string of the molecule is O=C(NC[C@H]1Cc2ccccc21)[C@@H]1CCCN(C(=O)C2CC2)C1. The first-order chi connectivity index (χ1) is 11.2. The van der Waals surface area contributed by atoms with E-state index in [0.717, 1.165) is 45.2 Å². The molecule has 1 saturated heterocycles. The summed E-state index contributed by atoms with van der Waals surface area (Å²) in [6, 6.07) is 8.46. The Morgan fingerprint density at radius 2 is 1.96 bits per heavy atom. The van der Waals surface area contributed by atoms with Gasteiger partial charge in [0.15, 0.2) is 0 Å². The van der Waals surface area contributed by atoms with Gasteiger partial charge in [-0.15, -0.1) is 0 Å². The monoisotopic (exact) mass is 312 g/mol. The Morgan fingerprint density at radius 3 is 2.74 bits per heavy atom. The number of hydrogen-bond acceptors (Lipinski definition) is 2. The molecule has 1 heterocycles. The highest BCUT2D eigenvalue weighted by molar-refractivity contribution is 5.83. The van der Waals surface area contributed by atoms with Crippen molar-refractivity contribution in [2.45, 2.75) is 38.0 Å². The van der Waals surface area contributed by atoms with Gasteiger partial charge in [-0.3, -0.25) is 9.59 Å². The summed E-state index contributed by atoms with van der Waals surface area (Å²) in [6.45, 7) is 2.17. The van der Waals surface area contributed by atoms with Crippen molar-refractivity contribution in [3.05, 3.63) is 35.4 Å². The van der Waals surface area contributed by atoms with E-state index in [-0.39, 0.29) is 23.7 Å². The van der Waals surface area contributed by atoms with Crippen molar-refractivity contribution in [3.8, 4) is 0 Å². The molecular weight excluding hydrogens is 288 g/mol. The van der Waals surface area contributed by atoms with Crippen LogP contribution >= 0.6 is 0 Å². The Balaban J connectivity index is 1.28. The summed E-state index contributed by atoms with van der Waals surface area (Å²) in [7, 11) is 0. The summed E-state index contributed by atoms with van der Waals surface area (Å²) >= 11 is 0. The number of carbonyl (C=O) groups is 2. The molecule has 2 fully saturated rings. The lowest BCUT2D eigenvalue weighted by molar-refractivity contribution is -0.136. The molecular formula is C19H24N2O2. The second kappa shape index (κ2) is 5.99. The molecule has 1 aliphatic heterocycles. The van der Waals surface area contributed by atoms with Crippen molar-refractivity contribution < 1.29 is 9.59 Å². The molecule has 4 nitrogen and oxygen atoms in total. The number of rotatable bonds is 4. The number of amides is 2. The predicted molar refractivity (Wildman–Crippen MR) is 87.9 cm³/mol. The van der Waals surface area contributed by atoms with Gasteiger partial charge in [-0.25, -0.2) is 0 Å². The maximum atomic E-state index is 12.5. The molecule has 0 unspecified atom stereocenters. The number of carbonyl (C=O) groups excluding carboxylic acids is 2. The summed E-state index contributed by atoms with van der Waals surface area (Å²) in [5, 5.41) is 3.12. The zero-order valence-electron chi connectivity index (χ0n) is 13.5. The smallest absolute Gasteiger partial charge is 0.225 e. The van der Waals surface area contributed by atoms with E-state index >= 15 is 0 Å². The average Bonchev–Trinajstić information content (AvgIpc) is 3.40. The quantitative estimate of drug-likeness (QED) is 0.925. The molecule has 0 spiro atoms. The number of piperidine rings is 1. The molecule has 3 aliphatic rings. The van der Waals surface area contributed by atoms with Crippen LogP contribution in [-0.4, -0.2) is 36.3 Å². The van der Waals surface area contributed by atoms with E-state index in [1.54, 1.807) is 0 Å². The molecule has 1 N–H and O–H groups in total. The maximum absolute atomic E-state index is 12.5. The third kappa shape index (κ3) is 2.99. The van der Waals surface area contributed by atoms with E-state index in [0.29, 0.717) is 12.5 Å². The van der Waals surface area contributed by atoms with Gasteiger partial charge in [0.2, 0.25) is 11.8 Å². The van der Waals surface area contributed by atoms with E-state index in [1.807, 2.05) is 4.90 Å². The number of nitrogens with one attached hydrogen (secondary N) is 1. The second-order valence-electron chi connectivity index (χ2n) is 7.24. The summed E-state index contributed by atoms with van der Waals surface area (Å²) in [5.74, 6) is 1.09. The lowest BCUT2D eigenvalue weighted by Crippen LogP contribution is -2.46. The van der Waals surface area contributed by atoms with Crippen molar-refractivity contribution in [2.24, 2.45) is 11.8 Å². The van der Waals surface area contributed by atoms with Crippen LogP contribution in [0.1, 0.15) is 42.7 Å². The highest BCUT2D eigenvalue weighted by atomic mass is 16.2. The first kappa shape index (κ1) is 14.7. The molecule has 122 valence electrons. The van der Waals surface area contributed by atoms with Crippen LogP contribution in [0.4, 0.5) is 0 Å². The number of hydrogen-bond donors (Lipinski definition) is 1. The lowest BCUT2D eigenvalue weighted by Gasteiger charge is -2.34. The molecule has 2 aliphatic carbocycles. The molecule has 0 bridgehead atoms. The predicted octanol–water partition coefficient (Wildman–Crippen LogP) is 2.09. The summed E-state index contributed by atoms with van der Waals surface area (Å²) in [4.78, 5) is 26.6. The van der Waals surface area contributed by atoms with Crippen molar-refractivity contribution in [2.75, 3.05) is 19.6 Å². The fourth-order valence-electron chi connectivity index (χ4n) is 3.89. The van der Waals surface area contributed by atoms with E-state index in [2.05, 4.69) is 29.6 Å². The molecule has 1 aromatic rings. The largest absolute Gasteiger partial charge is 0.355 e. The molecule has 2 atom stereocenters. The van der Waals surface area contributed by atoms with Crippen LogP contribution in [0, 0.1) is 11.8 Å². The van der Waals surface area contributed by atoms with Gasteiger partial charge in [-0.1, -0.05) is 24.3 Å². The third-order valence-electron chi connectivity index (χ3n) is 5.51. The van der Waals surface area contributed by atoms with Crippen molar-refractivity contribution in [1.82, 2.24) is 10.2 Å². The number of fused-ring (bicyclic) bond motifs is 1. The van der Waals surface area contributed by atoms with E-state index in [1.165, 1.54) is 11.1 Å². The van der Waals surface area contributed by atoms with E-state index in [4.69, 9.17) is 0 Å². The number of benzene rings is 1.